The molecule has 2 atom stereocenters. The van der Waals surface area contributed by atoms with E-state index in [1.54, 1.807) is 0 Å². The average molecular weight is 302 g/mol. The third kappa shape index (κ3) is 3.12. The molecular formula is C18H26N2O2. The molecule has 1 aromatic carbocycles. The van der Waals surface area contributed by atoms with Crippen LogP contribution < -0.4 is 10.1 Å². The van der Waals surface area contributed by atoms with Crippen molar-refractivity contribution in [2.45, 2.75) is 57.7 Å². The summed E-state index contributed by atoms with van der Waals surface area (Å²) in [5, 5.41) is 3.62. The second-order valence-corrected chi connectivity index (χ2v) is 6.78. The molecule has 2 aliphatic rings. The smallest absolute Gasteiger partial charge is 0.260 e. The van der Waals surface area contributed by atoms with Gasteiger partial charge in [-0.2, -0.15) is 0 Å². The number of para-hydroxylation sites is 1. The number of carbonyl (C=O) groups excluding carboxylic acids is 1. The van der Waals surface area contributed by atoms with E-state index in [2.05, 4.69) is 5.32 Å². The third-order valence-corrected chi connectivity index (χ3v) is 5.14. The van der Waals surface area contributed by atoms with E-state index in [-0.39, 0.29) is 12.5 Å². The number of hydrogen-bond acceptors (Lipinski definition) is 3. The first-order chi connectivity index (χ1) is 10.5. The zero-order valence-corrected chi connectivity index (χ0v) is 13.8. The van der Waals surface area contributed by atoms with E-state index < -0.39 is 0 Å². The van der Waals surface area contributed by atoms with Crippen molar-refractivity contribution in [3.05, 3.63) is 29.3 Å². The number of aryl methyl sites for hydroxylation is 2. The maximum atomic E-state index is 12.5. The molecule has 0 spiro atoms. The highest BCUT2D eigenvalue weighted by Crippen LogP contribution is 2.29. The molecule has 22 heavy (non-hydrogen) atoms. The minimum atomic E-state index is 0.0777. The fraction of sp³-hybridized carbons (Fsp3) is 0.611. The molecule has 2 fully saturated rings. The quantitative estimate of drug-likeness (QED) is 0.929. The van der Waals surface area contributed by atoms with E-state index in [0.29, 0.717) is 18.1 Å². The van der Waals surface area contributed by atoms with Crippen LogP contribution >= 0.6 is 0 Å². The number of likely N-dealkylation sites (N-methyl/N-ethyl adjacent to an activating group) is 1. The number of ether oxygens (including phenoxy) is 1. The lowest BCUT2D eigenvalue weighted by atomic mass is 9.98. The zero-order valence-electron chi connectivity index (χ0n) is 13.8. The molecule has 1 N–H and O–H groups in total. The van der Waals surface area contributed by atoms with E-state index in [9.17, 15) is 4.79 Å². The number of fused-ring (bicyclic) bond motifs is 2. The van der Waals surface area contributed by atoms with Crippen molar-refractivity contribution in [1.29, 1.82) is 0 Å². The Morgan fingerprint density at radius 2 is 1.82 bits per heavy atom. The van der Waals surface area contributed by atoms with Crippen LogP contribution in [-0.4, -0.2) is 42.6 Å². The van der Waals surface area contributed by atoms with Gasteiger partial charge in [0.2, 0.25) is 0 Å². The summed E-state index contributed by atoms with van der Waals surface area (Å²) in [4.78, 5) is 14.4. The Labute approximate surface area is 132 Å². The Bertz CT molecular complexity index is 526. The first-order valence-corrected chi connectivity index (χ1v) is 8.25. The molecule has 4 nitrogen and oxygen atoms in total. The summed E-state index contributed by atoms with van der Waals surface area (Å²) < 4.78 is 5.80. The van der Waals surface area contributed by atoms with Crippen LogP contribution in [0.3, 0.4) is 0 Å². The highest BCUT2D eigenvalue weighted by Gasteiger charge is 2.36. The molecule has 4 heteroatoms. The first-order valence-electron chi connectivity index (χ1n) is 8.25. The van der Waals surface area contributed by atoms with Gasteiger partial charge in [0.1, 0.15) is 5.75 Å². The lowest BCUT2D eigenvalue weighted by molar-refractivity contribution is -0.134. The van der Waals surface area contributed by atoms with Crippen molar-refractivity contribution in [1.82, 2.24) is 10.2 Å². The molecular weight excluding hydrogens is 276 g/mol. The predicted octanol–water partition coefficient (Wildman–Crippen LogP) is 2.42. The second kappa shape index (κ2) is 6.29. The van der Waals surface area contributed by atoms with Crippen LogP contribution in [-0.2, 0) is 4.79 Å². The fourth-order valence-corrected chi connectivity index (χ4v) is 3.81. The Kier molecular flexibility index (Phi) is 4.39. The van der Waals surface area contributed by atoms with Gasteiger partial charge in [0.05, 0.1) is 0 Å². The minimum absolute atomic E-state index is 0.0777. The van der Waals surface area contributed by atoms with E-state index in [1.165, 1.54) is 12.8 Å². The molecule has 3 rings (SSSR count). The van der Waals surface area contributed by atoms with Crippen molar-refractivity contribution in [3.63, 3.8) is 0 Å². The summed E-state index contributed by atoms with van der Waals surface area (Å²) in [5.41, 5.74) is 2.16. The molecule has 0 radical (unpaired) electrons. The molecule has 1 aromatic rings. The summed E-state index contributed by atoms with van der Waals surface area (Å²) in [7, 11) is 1.92. The van der Waals surface area contributed by atoms with Gasteiger partial charge in [-0.15, -0.1) is 0 Å². The number of benzene rings is 1. The van der Waals surface area contributed by atoms with Gasteiger partial charge < -0.3 is 15.0 Å². The van der Waals surface area contributed by atoms with E-state index in [1.807, 2.05) is 44.0 Å². The number of rotatable bonds is 4. The first kappa shape index (κ1) is 15.3. The number of nitrogens with one attached hydrogen (secondary N) is 1. The van der Waals surface area contributed by atoms with Crippen molar-refractivity contribution >= 4 is 5.91 Å². The molecule has 0 saturated carbocycles. The minimum Gasteiger partial charge on any atom is -0.483 e. The number of hydrogen-bond donors (Lipinski definition) is 1. The summed E-state index contributed by atoms with van der Waals surface area (Å²) in [6, 6.07) is 7.59. The molecule has 2 unspecified atom stereocenters. The Morgan fingerprint density at radius 1 is 1.23 bits per heavy atom. The topological polar surface area (TPSA) is 41.6 Å². The lowest BCUT2D eigenvalue weighted by Crippen LogP contribution is -2.49. The maximum absolute atomic E-state index is 12.5. The van der Waals surface area contributed by atoms with Crippen LogP contribution in [0.4, 0.5) is 0 Å². The zero-order chi connectivity index (χ0) is 15.7. The monoisotopic (exact) mass is 302 g/mol. The van der Waals surface area contributed by atoms with Crippen molar-refractivity contribution in [2.24, 2.45) is 0 Å². The Morgan fingerprint density at radius 3 is 2.41 bits per heavy atom. The number of carbonyl (C=O) groups is 1. The highest BCUT2D eigenvalue weighted by molar-refractivity contribution is 5.78. The summed E-state index contributed by atoms with van der Waals surface area (Å²) >= 11 is 0. The second-order valence-electron chi connectivity index (χ2n) is 6.78. The Hall–Kier alpha value is -1.55. The summed E-state index contributed by atoms with van der Waals surface area (Å²) in [5.74, 6) is 0.920. The van der Waals surface area contributed by atoms with Gasteiger partial charge in [0.25, 0.3) is 5.91 Å². The van der Waals surface area contributed by atoms with E-state index in [4.69, 9.17) is 4.74 Å². The van der Waals surface area contributed by atoms with Gasteiger partial charge >= 0.3 is 0 Å². The normalized spacial score (nSPS) is 26.8. The number of nitrogens with zero attached hydrogens (tertiary/aromatic N) is 1. The lowest BCUT2D eigenvalue weighted by Gasteiger charge is -2.35. The summed E-state index contributed by atoms with van der Waals surface area (Å²) in [6.45, 7) is 4.16. The number of amides is 1. The van der Waals surface area contributed by atoms with Gasteiger partial charge in [-0.1, -0.05) is 18.2 Å². The highest BCUT2D eigenvalue weighted by atomic mass is 16.5. The molecule has 2 bridgehead atoms. The van der Waals surface area contributed by atoms with Gasteiger partial charge in [-0.3, -0.25) is 4.79 Å². The maximum Gasteiger partial charge on any atom is 0.260 e. The molecule has 2 heterocycles. The van der Waals surface area contributed by atoms with Gasteiger partial charge in [-0.05, 0) is 50.7 Å². The molecule has 2 aliphatic heterocycles. The molecule has 0 aromatic heterocycles. The standard InChI is InChI=1S/C18H26N2O2/c1-12-5-4-6-13(2)18(12)22-11-17(21)20(3)16-9-14-7-8-15(10-16)19-14/h4-6,14-16,19H,7-11H2,1-3H3. The predicted molar refractivity (Wildman–Crippen MR) is 87.1 cm³/mol. The molecule has 2 saturated heterocycles. The van der Waals surface area contributed by atoms with Crippen LogP contribution in [0, 0.1) is 13.8 Å². The van der Waals surface area contributed by atoms with Crippen LogP contribution in [0.5, 0.6) is 5.75 Å². The fourth-order valence-electron chi connectivity index (χ4n) is 3.81. The Balaban J connectivity index is 1.57. The third-order valence-electron chi connectivity index (χ3n) is 5.14. The van der Waals surface area contributed by atoms with Gasteiger partial charge in [0.15, 0.2) is 6.61 Å². The average Bonchev–Trinajstić information content (AvgIpc) is 2.84. The van der Waals surface area contributed by atoms with Gasteiger partial charge in [0, 0.05) is 25.2 Å². The van der Waals surface area contributed by atoms with E-state index in [0.717, 1.165) is 29.7 Å². The van der Waals surface area contributed by atoms with Crippen molar-refractivity contribution in [3.8, 4) is 5.75 Å². The molecule has 0 aliphatic carbocycles. The van der Waals surface area contributed by atoms with Crippen LogP contribution in [0.15, 0.2) is 18.2 Å². The van der Waals surface area contributed by atoms with Gasteiger partial charge in [-0.25, -0.2) is 0 Å². The summed E-state index contributed by atoms with van der Waals surface area (Å²) in [6.07, 6.45) is 4.65. The van der Waals surface area contributed by atoms with Crippen LogP contribution in [0.2, 0.25) is 0 Å². The van der Waals surface area contributed by atoms with Crippen LogP contribution in [0.25, 0.3) is 0 Å². The van der Waals surface area contributed by atoms with Crippen molar-refractivity contribution < 1.29 is 9.53 Å². The van der Waals surface area contributed by atoms with Crippen molar-refractivity contribution in [2.75, 3.05) is 13.7 Å². The number of piperidine rings is 1. The SMILES string of the molecule is Cc1cccc(C)c1OCC(=O)N(C)C1CC2CCC(C1)N2. The van der Waals surface area contributed by atoms with E-state index >= 15 is 0 Å². The molecule has 1 amide bonds. The largest absolute Gasteiger partial charge is 0.483 e. The molecule has 120 valence electrons. The van der Waals surface area contributed by atoms with Crippen LogP contribution in [0.1, 0.15) is 36.8 Å².